The van der Waals surface area contributed by atoms with E-state index in [1.807, 2.05) is 0 Å². The SMILES string of the molecule is COCC#CCOS(=O)(=O)c1ccccc1. The lowest BCUT2D eigenvalue weighted by molar-refractivity contribution is 0.239. The standard InChI is InChI=1S/C11H12O4S/c1-14-9-5-6-10-15-16(12,13)11-7-3-2-4-8-11/h2-4,7-8H,9-10H2,1H3. The highest BCUT2D eigenvalue weighted by Gasteiger charge is 2.12. The van der Waals surface area contributed by atoms with E-state index in [1.165, 1.54) is 19.2 Å². The monoisotopic (exact) mass is 240 g/mol. The molecule has 1 aromatic carbocycles. The molecular weight excluding hydrogens is 228 g/mol. The number of ether oxygens (including phenoxy) is 1. The molecule has 1 aromatic rings. The van der Waals surface area contributed by atoms with Gasteiger partial charge in [0.15, 0.2) is 0 Å². The van der Waals surface area contributed by atoms with Crippen molar-refractivity contribution in [2.24, 2.45) is 0 Å². The van der Waals surface area contributed by atoms with Gasteiger partial charge in [-0.25, -0.2) is 0 Å². The van der Waals surface area contributed by atoms with Gasteiger partial charge in [0.1, 0.15) is 13.2 Å². The fourth-order valence-corrected chi connectivity index (χ4v) is 1.78. The third kappa shape index (κ3) is 4.03. The molecule has 0 fully saturated rings. The maximum absolute atomic E-state index is 11.5. The third-order valence-corrected chi connectivity index (χ3v) is 2.94. The van der Waals surface area contributed by atoms with Crippen LogP contribution < -0.4 is 0 Å². The Hall–Kier alpha value is -1.35. The lowest BCUT2D eigenvalue weighted by Crippen LogP contribution is -2.06. The van der Waals surface area contributed by atoms with Gasteiger partial charge in [-0.15, -0.1) is 0 Å². The van der Waals surface area contributed by atoms with Gasteiger partial charge >= 0.3 is 0 Å². The minimum absolute atomic E-state index is 0.128. The van der Waals surface area contributed by atoms with Crippen LogP contribution >= 0.6 is 0 Å². The van der Waals surface area contributed by atoms with Crippen molar-refractivity contribution in [3.8, 4) is 11.8 Å². The first kappa shape index (κ1) is 12.7. The van der Waals surface area contributed by atoms with Crippen molar-refractivity contribution in [1.82, 2.24) is 0 Å². The van der Waals surface area contributed by atoms with Crippen LogP contribution in [0.5, 0.6) is 0 Å². The van der Waals surface area contributed by atoms with E-state index in [4.69, 9.17) is 4.18 Å². The van der Waals surface area contributed by atoms with Gasteiger partial charge in [-0.1, -0.05) is 30.0 Å². The number of rotatable bonds is 4. The van der Waals surface area contributed by atoms with Gasteiger partial charge in [0.25, 0.3) is 10.1 Å². The molecule has 0 saturated carbocycles. The van der Waals surface area contributed by atoms with E-state index >= 15 is 0 Å². The van der Waals surface area contributed by atoms with Crippen LogP contribution in [-0.4, -0.2) is 28.7 Å². The van der Waals surface area contributed by atoms with Crippen molar-refractivity contribution in [3.63, 3.8) is 0 Å². The molecule has 0 spiro atoms. The molecular formula is C11H12O4S. The summed E-state index contributed by atoms with van der Waals surface area (Å²) in [5.74, 6) is 5.13. The Balaban J connectivity index is 2.58. The summed E-state index contributed by atoms with van der Waals surface area (Å²) in [7, 11) is -2.18. The molecule has 0 aromatic heterocycles. The Kier molecular flexibility index (Phi) is 4.99. The molecule has 0 saturated heterocycles. The van der Waals surface area contributed by atoms with E-state index in [9.17, 15) is 8.42 Å². The quantitative estimate of drug-likeness (QED) is 0.583. The highest BCUT2D eigenvalue weighted by Crippen LogP contribution is 2.10. The van der Waals surface area contributed by atoms with Crippen LogP contribution in [0.1, 0.15) is 0 Å². The van der Waals surface area contributed by atoms with Crippen LogP contribution in [-0.2, 0) is 19.0 Å². The molecule has 0 aliphatic rings. The molecule has 0 N–H and O–H groups in total. The first-order chi connectivity index (χ1) is 7.67. The summed E-state index contributed by atoms with van der Waals surface area (Å²) < 4.78 is 32.5. The highest BCUT2D eigenvalue weighted by atomic mass is 32.2. The summed E-state index contributed by atoms with van der Waals surface area (Å²) in [5.41, 5.74) is 0. The molecule has 5 heteroatoms. The van der Waals surface area contributed by atoms with Gasteiger partial charge in [0.2, 0.25) is 0 Å². The molecule has 0 radical (unpaired) electrons. The topological polar surface area (TPSA) is 52.6 Å². The Bertz CT molecular complexity index is 468. The molecule has 0 heterocycles. The van der Waals surface area contributed by atoms with Crippen molar-refractivity contribution >= 4 is 10.1 Å². The fraction of sp³-hybridized carbons (Fsp3) is 0.273. The largest absolute Gasteiger partial charge is 0.372 e. The van der Waals surface area contributed by atoms with Crippen LogP contribution in [0.4, 0.5) is 0 Å². The molecule has 0 bridgehead atoms. The highest BCUT2D eigenvalue weighted by molar-refractivity contribution is 7.86. The Morgan fingerprint density at radius 3 is 2.38 bits per heavy atom. The summed E-state index contributed by atoms with van der Waals surface area (Å²) >= 11 is 0. The maximum Gasteiger partial charge on any atom is 0.297 e. The zero-order valence-corrected chi connectivity index (χ0v) is 9.66. The summed E-state index contributed by atoms with van der Waals surface area (Å²) in [6.45, 7) is 0.0926. The van der Waals surface area contributed by atoms with Gasteiger partial charge in [-0.2, -0.15) is 8.42 Å². The van der Waals surface area contributed by atoms with Crippen molar-refractivity contribution in [2.45, 2.75) is 4.90 Å². The molecule has 16 heavy (non-hydrogen) atoms. The second-order valence-electron chi connectivity index (χ2n) is 2.82. The van der Waals surface area contributed by atoms with Gasteiger partial charge in [-0.3, -0.25) is 4.18 Å². The zero-order valence-electron chi connectivity index (χ0n) is 8.84. The Labute approximate surface area is 95.3 Å². The van der Waals surface area contributed by atoms with Crippen molar-refractivity contribution in [2.75, 3.05) is 20.3 Å². The first-order valence-corrected chi connectivity index (χ1v) is 5.97. The molecule has 86 valence electrons. The number of methoxy groups -OCH3 is 1. The average Bonchev–Trinajstić information content (AvgIpc) is 2.30. The van der Waals surface area contributed by atoms with Crippen LogP contribution in [0.15, 0.2) is 35.2 Å². The number of hydrogen-bond acceptors (Lipinski definition) is 4. The molecule has 0 atom stereocenters. The van der Waals surface area contributed by atoms with Gasteiger partial charge in [0.05, 0.1) is 4.90 Å². The Morgan fingerprint density at radius 2 is 1.75 bits per heavy atom. The summed E-state index contributed by atoms with van der Waals surface area (Å²) in [6.07, 6.45) is 0. The minimum atomic E-state index is -3.69. The van der Waals surface area contributed by atoms with Crippen LogP contribution in [0, 0.1) is 11.8 Å². The third-order valence-electron chi connectivity index (χ3n) is 1.66. The predicted octanol–water partition coefficient (Wildman–Crippen LogP) is 1.04. The smallest absolute Gasteiger partial charge is 0.297 e. The van der Waals surface area contributed by atoms with E-state index in [1.54, 1.807) is 18.2 Å². The van der Waals surface area contributed by atoms with Crippen LogP contribution in [0.25, 0.3) is 0 Å². The molecule has 0 aliphatic heterocycles. The summed E-state index contributed by atoms with van der Waals surface area (Å²) in [5, 5.41) is 0. The fourth-order valence-electron chi connectivity index (χ4n) is 0.936. The lowest BCUT2D eigenvalue weighted by atomic mass is 10.4. The van der Waals surface area contributed by atoms with E-state index < -0.39 is 10.1 Å². The average molecular weight is 240 g/mol. The van der Waals surface area contributed by atoms with Crippen molar-refractivity contribution in [3.05, 3.63) is 30.3 Å². The lowest BCUT2D eigenvalue weighted by Gasteiger charge is -2.01. The van der Waals surface area contributed by atoms with Crippen LogP contribution in [0.3, 0.4) is 0 Å². The molecule has 1 rings (SSSR count). The first-order valence-electron chi connectivity index (χ1n) is 4.56. The maximum atomic E-state index is 11.5. The number of hydrogen-bond donors (Lipinski definition) is 0. The van der Waals surface area contributed by atoms with Crippen molar-refractivity contribution < 1.29 is 17.3 Å². The molecule has 0 aliphatic carbocycles. The normalized spacial score (nSPS) is 10.6. The zero-order chi connectivity index (χ0) is 11.9. The van der Waals surface area contributed by atoms with Gasteiger partial charge < -0.3 is 4.74 Å². The van der Waals surface area contributed by atoms with E-state index in [2.05, 4.69) is 16.6 Å². The van der Waals surface area contributed by atoms with E-state index in [-0.39, 0.29) is 18.1 Å². The Morgan fingerprint density at radius 1 is 1.12 bits per heavy atom. The second kappa shape index (κ2) is 6.28. The van der Waals surface area contributed by atoms with Crippen LogP contribution in [0.2, 0.25) is 0 Å². The van der Waals surface area contributed by atoms with E-state index in [0.717, 1.165) is 0 Å². The predicted molar refractivity (Wildman–Crippen MR) is 59.2 cm³/mol. The summed E-state index contributed by atoms with van der Waals surface area (Å²) in [4.78, 5) is 0.128. The van der Waals surface area contributed by atoms with Crippen molar-refractivity contribution in [1.29, 1.82) is 0 Å². The van der Waals surface area contributed by atoms with E-state index in [0.29, 0.717) is 0 Å². The molecule has 0 amide bonds. The minimum Gasteiger partial charge on any atom is -0.372 e. The molecule has 4 nitrogen and oxygen atoms in total. The second-order valence-corrected chi connectivity index (χ2v) is 4.43. The van der Waals surface area contributed by atoms with Gasteiger partial charge in [-0.05, 0) is 12.1 Å². The van der Waals surface area contributed by atoms with Gasteiger partial charge in [0, 0.05) is 7.11 Å². The molecule has 0 unspecified atom stereocenters. The number of benzene rings is 1. The summed E-state index contributed by atoms with van der Waals surface area (Å²) in [6, 6.07) is 7.94.